The van der Waals surface area contributed by atoms with E-state index >= 15 is 0 Å². The Labute approximate surface area is 132 Å². The molecule has 1 spiro atoms. The van der Waals surface area contributed by atoms with Crippen LogP contribution in [-0.4, -0.2) is 41.6 Å². The van der Waals surface area contributed by atoms with Crippen LogP contribution in [0, 0.1) is 0 Å². The van der Waals surface area contributed by atoms with Gasteiger partial charge in [0, 0.05) is 11.6 Å². The summed E-state index contributed by atoms with van der Waals surface area (Å²) in [6.45, 7) is 1.01. The van der Waals surface area contributed by atoms with Crippen LogP contribution in [0.25, 0.3) is 0 Å². The minimum atomic E-state index is -0.990. The Hall–Kier alpha value is -0.870. The lowest BCUT2D eigenvalue weighted by Gasteiger charge is -2.54. The number of allylic oxidation sites excluding steroid dienone is 1. The molecule has 2 aliphatic heterocycles. The highest BCUT2D eigenvalue weighted by Gasteiger charge is 2.63. The van der Waals surface area contributed by atoms with Gasteiger partial charge in [-0.25, -0.2) is 4.39 Å². The fourth-order valence-electron chi connectivity index (χ4n) is 5.00. The highest BCUT2D eigenvalue weighted by molar-refractivity contribution is 9.09. The molecule has 1 aromatic rings. The minimum absolute atomic E-state index is 0.217. The Morgan fingerprint density at radius 3 is 3.14 bits per heavy atom. The average molecular weight is 350 g/mol. The van der Waals surface area contributed by atoms with E-state index in [9.17, 15) is 4.39 Å². The summed E-state index contributed by atoms with van der Waals surface area (Å²) in [5.41, 5.74) is 3.80. The fraction of sp³-hybridized carbons (Fsp3) is 0.529. The highest BCUT2D eigenvalue weighted by atomic mass is 79.9. The number of alkyl halides is 2. The first-order chi connectivity index (χ1) is 10.1. The zero-order valence-electron chi connectivity index (χ0n) is 11.9. The second-order valence-corrected chi connectivity index (χ2v) is 7.82. The molecule has 110 valence electrons. The molecule has 0 radical (unpaired) electrons. The molecule has 21 heavy (non-hydrogen) atoms. The van der Waals surface area contributed by atoms with Crippen LogP contribution in [0.2, 0.25) is 0 Å². The number of benzene rings is 1. The quantitative estimate of drug-likeness (QED) is 0.527. The molecule has 2 nitrogen and oxygen atoms in total. The summed E-state index contributed by atoms with van der Waals surface area (Å²) in [5, 5.41) is 0. The summed E-state index contributed by atoms with van der Waals surface area (Å²) < 4.78 is 21.0. The van der Waals surface area contributed by atoms with Crippen molar-refractivity contribution in [2.75, 3.05) is 13.6 Å². The van der Waals surface area contributed by atoms with Gasteiger partial charge in [-0.2, -0.15) is 0 Å². The molecule has 2 bridgehead atoms. The van der Waals surface area contributed by atoms with Crippen LogP contribution in [0.5, 0.6) is 5.75 Å². The maximum absolute atomic E-state index is 14.9. The monoisotopic (exact) mass is 349 g/mol. The summed E-state index contributed by atoms with van der Waals surface area (Å²) >= 11 is 3.51. The van der Waals surface area contributed by atoms with E-state index in [0.717, 1.165) is 25.1 Å². The molecular weight excluding hydrogens is 333 g/mol. The third-order valence-corrected chi connectivity index (χ3v) is 6.68. The van der Waals surface area contributed by atoms with Gasteiger partial charge in [0.2, 0.25) is 0 Å². The molecule has 2 aliphatic carbocycles. The number of nitrogens with zero attached hydrogens (tertiary/aromatic N) is 1. The van der Waals surface area contributed by atoms with Gasteiger partial charge in [-0.05, 0) is 43.6 Å². The number of ether oxygens (including phenoxy) is 1. The van der Waals surface area contributed by atoms with Gasteiger partial charge in [0.05, 0.1) is 10.2 Å². The van der Waals surface area contributed by atoms with Crippen molar-refractivity contribution < 1.29 is 9.13 Å². The van der Waals surface area contributed by atoms with Crippen LogP contribution in [0.3, 0.4) is 0 Å². The van der Waals surface area contributed by atoms with Gasteiger partial charge in [-0.1, -0.05) is 34.1 Å². The zero-order valence-corrected chi connectivity index (χ0v) is 13.4. The van der Waals surface area contributed by atoms with Crippen LogP contribution in [0.1, 0.15) is 17.5 Å². The molecule has 5 rings (SSSR count). The molecule has 2 unspecified atom stereocenters. The Morgan fingerprint density at radius 2 is 2.29 bits per heavy atom. The number of hydrogen-bond acceptors (Lipinski definition) is 2. The first-order valence-electron chi connectivity index (χ1n) is 7.62. The van der Waals surface area contributed by atoms with Crippen LogP contribution in [-0.2, 0) is 11.8 Å². The zero-order chi connectivity index (χ0) is 14.4. The second-order valence-electron chi connectivity index (χ2n) is 6.76. The van der Waals surface area contributed by atoms with Crippen molar-refractivity contribution in [1.82, 2.24) is 4.90 Å². The van der Waals surface area contributed by atoms with Gasteiger partial charge < -0.3 is 4.74 Å². The topological polar surface area (TPSA) is 12.5 Å². The Balaban J connectivity index is 1.85. The maximum atomic E-state index is 14.9. The number of likely N-dealkylation sites (tertiary alicyclic amines) is 1. The van der Waals surface area contributed by atoms with Crippen molar-refractivity contribution in [1.29, 1.82) is 0 Å². The van der Waals surface area contributed by atoms with Crippen molar-refractivity contribution in [3.63, 3.8) is 0 Å². The van der Waals surface area contributed by atoms with Crippen LogP contribution in [0.4, 0.5) is 4.39 Å². The van der Waals surface area contributed by atoms with Crippen LogP contribution < -0.4 is 4.74 Å². The van der Waals surface area contributed by atoms with Gasteiger partial charge in [-0.3, -0.25) is 4.90 Å². The van der Waals surface area contributed by atoms with E-state index < -0.39 is 6.17 Å². The van der Waals surface area contributed by atoms with Crippen LogP contribution >= 0.6 is 15.9 Å². The highest BCUT2D eigenvalue weighted by Crippen LogP contribution is 2.61. The Bertz CT molecular complexity index is 675. The van der Waals surface area contributed by atoms with Crippen molar-refractivity contribution in [3.05, 3.63) is 41.0 Å². The lowest BCUT2D eigenvalue weighted by molar-refractivity contribution is 0.0322. The van der Waals surface area contributed by atoms with E-state index in [-0.39, 0.29) is 16.3 Å². The molecule has 5 atom stereocenters. The molecule has 1 fully saturated rings. The van der Waals surface area contributed by atoms with Crippen molar-refractivity contribution >= 4 is 15.9 Å². The van der Waals surface area contributed by atoms with Gasteiger partial charge in [0.25, 0.3) is 0 Å². The largest absolute Gasteiger partial charge is 0.486 e. The standard InChI is InChI=1S/C17H17BrFNO/c1-20-6-5-17-10-8-11(18)15(19)16(17)21-13-4-2-3-9(14(13)17)7-12(10)20/h2-4,8,11-12,15-16H,5-7H2,1H3/t11-,12?,15-,16+,17?/m1/s1. The molecule has 1 saturated heterocycles. The van der Waals surface area contributed by atoms with E-state index in [1.807, 2.05) is 12.1 Å². The number of hydrogen-bond donors (Lipinski definition) is 0. The van der Waals surface area contributed by atoms with Gasteiger partial charge in [0.15, 0.2) is 6.17 Å². The number of piperidine rings is 1. The smallest absolute Gasteiger partial charge is 0.154 e. The SMILES string of the molecule is CN1CCC23C4=C[C@@H](Br)[C@@H](F)[C@@H]2Oc2cccc(c23)CC41. The normalized spacial score (nSPS) is 43.1. The lowest BCUT2D eigenvalue weighted by atomic mass is 9.56. The van der Waals surface area contributed by atoms with Crippen molar-refractivity contribution in [3.8, 4) is 5.75 Å². The third-order valence-electron chi connectivity index (χ3n) is 5.91. The van der Waals surface area contributed by atoms with E-state index in [4.69, 9.17) is 4.74 Å². The molecule has 0 saturated carbocycles. The van der Waals surface area contributed by atoms with Crippen molar-refractivity contribution in [2.24, 2.45) is 0 Å². The van der Waals surface area contributed by atoms with E-state index in [1.165, 1.54) is 16.7 Å². The second kappa shape index (κ2) is 3.90. The van der Waals surface area contributed by atoms with E-state index in [0.29, 0.717) is 6.04 Å². The van der Waals surface area contributed by atoms with Gasteiger partial charge in [-0.15, -0.1) is 0 Å². The van der Waals surface area contributed by atoms with E-state index in [1.54, 1.807) is 0 Å². The number of rotatable bonds is 0. The van der Waals surface area contributed by atoms with Crippen molar-refractivity contribution in [2.45, 2.75) is 41.4 Å². The molecule has 4 heteroatoms. The van der Waals surface area contributed by atoms with Crippen LogP contribution in [0.15, 0.2) is 29.8 Å². The minimum Gasteiger partial charge on any atom is -0.486 e. The molecule has 0 N–H and O–H groups in total. The lowest BCUT2D eigenvalue weighted by Crippen LogP contribution is -2.62. The summed E-state index contributed by atoms with van der Waals surface area (Å²) in [5.74, 6) is 0.913. The first kappa shape index (κ1) is 12.7. The Kier molecular flexibility index (Phi) is 2.35. The number of halogens is 2. The predicted octanol–water partition coefficient (Wildman–Crippen LogP) is 2.99. The summed E-state index contributed by atoms with van der Waals surface area (Å²) in [6.07, 6.45) is 2.75. The number of likely N-dealkylation sites (N-methyl/N-ethyl adjacent to an activating group) is 1. The van der Waals surface area contributed by atoms with E-state index in [2.05, 4.69) is 40.0 Å². The molecule has 0 aromatic heterocycles. The summed E-state index contributed by atoms with van der Waals surface area (Å²) in [6, 6.07) is 6.64. The third kappa shape index (κ3) is 1.32. The molecule has 2 heterocycles. The maximum Gasteiger partial charge on any atom is 0.154 e. The molecule has 4 aliphatic rings. The average Bonchev–Trinajstić information content (AvgIpc) is 2.81. The first-order valence-corrected chi connectivity index (χ1v) is 8.54. The summed E-state index contributed by atoms with van der Waals surface area (Å²) in [7, 11) is 2.18. The fourth-order valence-corrected chi connectivity index (χ4v) is 5.56. The van der Waals surface area contributed by atoms with Gasteiger partial charge in [0.1, 0.15) is 11.9 Å². The van der Waals surface area contributed by atoms with Gasteiger partial charge >= 0.3 is 0 Å². The molecule has 1 aromatic carbocycles. The molecule has 0 amide bonds. The molecular formula is C17H17BrFNO. The summed E-state index contributed by atoms with van der Waals surface area (Å²) in [4.78, 5) is 2.18. The Morgan fingerprint density at radius 1 is 1.43 bits per heavy atom. The predicted molar refractivity (Wildman–Crippen MR) is 83.0 cm³/mol.